The minimum atomic E-state index is -0.0441. The lowest BCUT2D eigenvalue weighted by Crippen LogP contribution is -2.42. The predicted molar refractivity (Wildman–Crippen MR) is 151 cm³/mol. The van der Waals surface area contributed by atoms with Crippen molar-refractivity contribution in [2.75, 3.05) is 40.8 Å². The highest BCUT2D eigenvalue weighted by Gasteiger charge is 2.45. The number of aliphatic imine (C=N–C) groups is 2. The fraction of sp³-hybridized carbons (Fsp3) is 0.931. The van der Waals surface area contributed by atoms with E-state index in [2.05, 4.69) is 82.3 Å². The lowest BCUT2D eigenvalue weighted by Gasteiger charge is -2.38. The van der Waals surface area contributed by atoms with E-state index in [1.54, 1.807) is 0 Å². The smallest absolute Gasteiger partial charge is 0.197 e. The minimum Gasteiger partial charge on any atom is -0.344 e. The number of unbranched alkanes of at least 4 members (excludes halogenated alkanes) is 5. The molecule has 2 heterocycles. The van der Waals surface area contributed by atoms with Crippen LogP contribution in [0.15, 0.2) is 9.98 Å². The van der Waals surface area contributed by atoms with Crippen molar-refractivity contribution in [1.29, 1.82) is 0 Å². The molecule has 0 amide bonds. The molecule has 6 nitrogen and oxygen atoms in total. The molecule has 0 bridgehead atoms. The maximum absolute atomic E-state index is 5.40. The molecule has 35 heavy (non-hydrogen) atoms. The number of fused-ring (bicyclic) bond motifs is 1. The molecule has 1 aliphatic carbocycles. The molecular formula is C29H56N6. The van der Waals surface area contributed by atoms with Crippen LogP contribution < -0.4 is 0 Å². The van der Waals surface area contributed by atoms with Crippen LogP contribution in [0.3, 0.4) is 0 Å². The third kappa shape index (κ3) is 7.52. The lowest BCUT2D eigenvalue weighted by molar-refractivity contribution is 0.164. The number of likely N-dealkylation sites (N-methyl/N-ethyl adjacent to an activating group) is 3. The van der Waals surface area contributed by atoms with E-state index in [1.165, 1.54) is 76.1 Å². The van der Waals surface area contributed by atoms with E-state index >= 15 is 0 Å². The molecule has 2 aliphatic heterocycles. The lowest BCUT2D eigenvalue weighted by atomic mass is 9.77. The van der Waals surface area contributed by atoms with Gasteiger partial charge in [0.1, 0.15) is 0 Å². The first kappa shape index (κ1) is 28.1. The van der Waals surface area contributed by atoms with Gasteiger partial charge in [-0.05, 0) is 72.6 Å². The Labute approximate surface area is 217 Å². The minimum absolute atomic E-state index is 0.0315. The Balaban J connectivity index is 1.59. The van der Waals surface area contributed by atoms with E-state index in [1.807, 2.05) is 0 Å². The predicted octanol–water partition coefficient (Wildman–Crippen LogP) is 5.69. The Hall–Kier alpha value is -1.46. The van der Waals surface area contributed by atoms with Crippen LogP contribution >= 0.6 is 0 Å². The number of hydrogen-bond donors (Lipinski definition) is 0. The van der Waals surface area contributed by atoms with Crippen molar-refractivity contribution >= 4 is 11.9 Å². The van der Waals surface area contributed by atoms with Crippen molar-refractivity contribution in [1.82, 2.24) is 19.6 Å². The van der Waals surface area contributed by atoms with Crippen LogP contribution in [0.1, 0.15) is 106 Å². The Bertz CT molecular complexity index is 736. The number of nitrogens with zero attached hydrogens (tertiary/aromatic N) is 6. The summed E-state index contributed by atoms with van der Waals surface area (Å²) >= 11 is 0. The second-order valence-electron chi connectivity index (χ2n) is 13.2. The van der Waals surface area contributed by atoms with Crippen LogP contribution in [0.4, 0.5) is 0 Å². The Morgan fingerprint density at radius 3 is 2.11 bits per heavy atom. The molecule has 1 unspecified atom stereocenters. The van der Waals surface area contributed by atoms with Gasteiger partial charge in [-0.1, -0.05) is 39.0 Å². The van der Waals surface area contributed by atoms with E-state index in [-0.39, 0.29) is 11.1 Å². The van der Waals surface area contributed by atoms with Crippen LogP contribution in [0, 0.1) is 5.92 Å². The van der Waals surface area contributed by atoms with E-state index < -0.39 is 0 Å². The number of rotatable bonds is 10. The van der Waals surface area contributed by atoms with E-state index in [4.69, 9.17) is 9.98 Å². The molecule has 0 N–H and O–H groups in total. The van der Waals surface area contributed by atoms with Crippen LogP contribution in [-0.2, 0) is 0 Å². The van der Waals surface area contributed by atoms with Crippen LogP contribution in [0.2, 0.25) is 0 Å². The first-order valence-electron chi connectivity index (χ1n) is 14.5. The number of hydrogen-bond acceptors (Lipinski definition) is 2. The van der Waals surface area contributed by atoms with Gasteiger partial charge in [-0.3, -0.25) is 0 Å². The van der Waals surface area contributed by atoms with Gasteiger partial charge in [-0.25, -0.2) is 9.98 Å². The van der Waals surface area contributed by atoms with Gasteiger partial charge < -0.3 is 19.6 Å². The summed E-state index contributed by atoms with van der Waals surface area (Å²) in [5.74, 6) is 3.12. The Morgan fingerprint density at radius 1 is 0.771 bits per heavy atom. The fourth-order valence-electron chi connectivity index (χ4n) is 6.46. The standard InChI is InChI=1S/C29H56N6/c1-10-11-12-13-14-15-18-35-20-19-32(7)26(35)31-29(5,6)22-23-16-17-24-25(21-23)34(9)27(33(24)8)30-28(2,3)4/h23-25H,10-22H2,1-9H3/b30-27-,31-26+/t23?,24-,25+/m0/s1. The molecule has 3 fully saturated rings. The molecule has 0 radical (unpaired) electrons. The van der Waals surface area contributed by atoms with Gasteiger partial charge in [0.25, 0.3) is 0 Å². The van der Waals surface area contributed by atoms with Crippen molar-refractivity contribution in [2.45, 2.75) is 129 Å². The maximum Gasteiger partial charge on any atom is 0.197 e. The van der Waals surface area contributed by atoms with Crippen molar-refractivity contribution in [3.63, 3.8) is 0 Å². The van der Waals surface area contributed by atoms with Gasteiger partial charge in [0.05, 0.1) is 23.2 Å². The SMILES string of the molecule is CCCCCCCCN1CCN(C)/C1=N\C(C)(C)CC1CC[C@H]2[C@@H](C1)N(C)/C(=N\C(C)(C)C)N2C. The fourth-order valence-corrected chi connectivity index (χ4v) is 6.46. The third-order valence-corrected chi connectivity index (χ3v) is 8.25. The summed E-state index contributed by atoms with van der Waals surface area (Å²) in [5.41, 5.74) is -0.0756. The Morgan fingerprint density at radius 2 is 1.43 bits per heavy atom. The summed E-state index contributed by atoms with van der Waals surface area (Å²) in [6.45, 7) is 17.0. The monoisotopic (exact) mass is 488 g/mol. The molecular weight excluding hydrogens is 432 g/mol. The highest BCUT2D eigenvalue weighted by Crippen LogP contribution is 2.39. The highest BCUT2D eigenvalue weighted by molar-refractivity contribution is 5.83. The van der Waals surface area contributed by atoms with Gasteiger partial charge >= 0.3 is 0 Å². The average molecular weight is 489 g/mol. The zero-order valence-electron chi connectivity index (χ0n) is 24.6. The first-order chi connectivity index (χ1) is 16.4. The second kappa shape index (κ2) is 11.7. The van der Waals surface area contributed by atoms with Gasteiger partial charge in [0.2, 0.25) is 0 Å². The van der Waals surface area contributed by atoms with Crippen LogP contribution in [0.25, 0.3) is 0 Å². The molecule has 3 aliphatic rings. The summed E-state index contributed by atoms with van der Waals surface area (Å²) in [6, 6.07) is 1.17. The second-order valence-corrected chi connectivity index (χ2v) is 13.2. The summed E-state index contributed by atoms with van der Waals surface area (Å²) in [4.78, 5) is 20.3. The summed E-state index contributed by atoms with van der Waals surface area (Å²) in [5, 5.41) is 0. The zero-order chi connectivity index (χ0) is 25.8. The summed E-state index contributed by atoms with van der Waals surface area (Å²) in [7, 11) is 6.73. The Kier molecular flexibility index (Phi) is 9.42. The summed E-state index contributed by atoms with van der Waals surface area (Å²) in [6.07, 6.45) is 13.1. The average Bonchev–Trinajstić information content (AvgIpc) is 3.21. The maximum atomic E-state index is 5.40. The van der Waals surface area contributed by atoms with E-state index in [0.29, 0.717) is 12.1 Å². The molecule has 2 saturated heterocycles. The number of guanidine groups is 2. The highest BCUT2D eigenvalue weighted by atomic mass is 15.5. The molecule has 6 heteroatoms. The van der Waals surface area contributed by atoms with Gasteiger partial charge in [0, 0.05) is 40.8 Å². The molecule has 0 spiro atoms. The summed E-state index contributed by atoms with van der Waals surface area (Å²) < 4.78 is 0. The van der Waals surface area contributed by atoms with Crippen molar-refractivity contribution in [3.8, 4) is 0 Å². The van der Waals surface area contributed by atoms with Gasteiger partial charge in [0.15, 0.2) is 11.9 Å². The largest absolute Gasteiger partial charge is 0.344 e. The molecule has 202 valence electrons. The van der Waals surface area contributed by atoms with Crippen LogP contribution in [-0.4, -0.2) is 95.5 Å². The van der Waals surface area contributed by atoms with Gasteiger partial charge in [-0.2, -0.15) is 0 Å². The van der Waals surface area contributed by atoms with Crippen molar-refractivity contribution in [2.24, 2.45) is 15.9 Å². The van der Waals surface area contributed by atoms with Crippen molar-refractivity contribution < 1.29 is 0 Å². The zero-order valence-corrected chi connectivity index (χ0v) is 24.6. The van der Waals surface area contributed by atoms with E-state index in [0.717, 1.165) is 25.6 Å². The van der Waals surface area contributed by atoms with Crippen molar-refractivity contribution in [3.05, 3.63) is 0 Å². The third-order valence-electron chi connectivity index (χ3n) is 8.25. The molecule has 3 rings (SSSR count). The molecule has 1 saturated carbocycles. The molecule has 0 aromatic rings. The molecule has 3 atom stereocenters. The van der Waals surface area contributed by atoms with Gasteiger partial charge in [-0.15, -0.1) is 0 Å². The normalized spacial score (nSPS) is 28.1. The molecule has 0 aromatic heterocycles. The van der Waals surface area contributed by atoms with E-state index in [9.17, 15) is 0 Å². The first-order valence-corrected chi connectivity index (χ1v) is 14.5. The van der Waals surface area contributed by atoms with Crippen LogP contribution in [0.5, 0.6) is 0 Å². The molecule has 0 aromatic carbocycles. The topological polar surface area (TPSA) is 37.7 Å². The quantitative estimate of drug-likeness (QED) is 0.370.